The molecular formula is C12H26N2O2. The van der Waals surface area contributed by atoms with Gasteiger partial charge in [0, 0.05) is 6.54 Å². The molecule has 0 aliphatic carbocycles. The quantitative estimate of drug-likeness (QED) is 0.597. The van der Waals surface area contributed by atoms with Crippen LogP contribution < -0.4 is 10.6 Å². The molecule has 2 N–H and O–H groups in total. The number of unbranched alkanes of at least 4 members (excludes halogenated alkanes) is 2. The number of amides is 1. The average molecular weight is 230 g/mol. The molecule has 0 aromatic heterocycles. The lowest BCUT2D eigenvalue weighted by atomic mass is 10.2. The molecule has 0 spiro atoms. The van der Waals surface area contributed by atoms with Crippen molar-refractivity contribution in [3.63, 3.8) is 0 Å². The summed E-state index contributed by atoms with van der Waals surface area (Å²) in [5.74, 6) is 0. The number of carbonyl (C=O) groups excluding carboxylic acids is 1. The van der Waals surface area contributed by atoms with Gasteiger partial charge in [0.05, 0.1) is 0 Å². The van der Waals surface area contributed by atoms with E-state index >= 15 is 0 Å². The largest absolute Gasteiger partial charge is 0.447 e. The van der Waals surface area contributed by atoms with E-state index in [1.807, 2.05) is 14.0 Å². The normalized spacial score (nSPS) is 12.2. The summed E-state index contributed by atoms with van der Waals surface area (Å²) < 4.78 is 5.21. The first-order chi connectivity index (χ1) is 7.70. The molecule has 0 aliphatic heterocycles. The molecule has 0 bridgehead atoms. The Balaban J connectivity index is 3.39. The third kappa shape index (κ3) is 9.77. The molecule has 0 radical (unpaired) electrons. The molecule has 0 aliphatic rings. The van der Waals surface area contributed by atoms with Gasteiger partial charge in [-0.1, -0.05) is 13.3 Å². The van der Waals surface area contributed by atoms with Crippen LogP contribution in [0.4, 0.5) is 4.79 Å². The fraction of sp³-hybridized carbons (Fsp3) is 0.917. The Bertz CT molecular complexity index is 174. The van der Waals surface area contributed by atoms with Crippen LogP contribution in [-0.4, -0.2) is 32.3 Å². The van der Waals surface area contributed by atoms with E-state index in [0.717, 1.165) is 38.6 Å². The highest BCUT2D eigenvalue weighted by atomic mass is 16.6. The SMILES string of the molecule is CCCCNC(=O)OC(C)CCCCNC. The van der Waals surface area contributed by atoms with Crippen molar-refractivity contribution in [1.82, 2.24) is 10.6 Å². The number of nitrogens with one attached hydrogen (secondary N) is 2. The Morgan fingerprint density at radius 3 is 2.62 bits per heavy atom. The van der Waals surface area contributed by atoms with Gasteiger partial charge in [0.15, 0.2) is 0 Å². The van der Waals surface area contributed by atoms with Crippen LogP contribution in [0, 0.1) is 0 Å². The summed E-state index contributed by atoms with van der Waals surface area (Å²) in [7, 11) is 1.95. The summed E-state index contributed by atoms with van der Waals surface area (Å²) in [5, 5.41) is 5.84. The molecule has 0 rings (SSSR count). The Labute approximate surface area is 99.1 Å². The van der Waals surface area contributed by atoms with E-state index in [-0.39, 0.29) is 12.2 Å². The summed E-state index contributed by atoms with van der Waals surface area (Å²) in [4.78, 5) is 11.3. The van der Waals surface area contributed by atoms with Gasteiger partial charge in [-0.25, -0.2) is 4.79 Å². The topological polar surface area (TPSA) is 50.4 Å². The van der Waals surface area contributed by atoms with Crippen LogP contribution >= 0.6 is 0 Å². The van der Waals surface area contributed by atoms with Crippen molar-refractivity contribution in [3.8, 4) is 0 Å². The van der Waals surface area contributed by atoms with Gasteiger partial charge in [-0.3, -0.25) is 0 Å². The Morgan fingerprint density at radius 1 is 1.25 bits per heavy atom. The number of ether oxygens (including phenoxy) is 1. The van der Waals surface area contributed by atoms with E-state index in [1.54, 1.807) is 0 Å². The molecule has 4 heteroatoms. The highest BCUT2D eigenvalue weighted by molar-refractivity contribution is 5.67. The van der Waals surface area contributed by atoms with Crippen molar-refractivity contribution < 1.29 is 9.53 Å². The second-order valence-corrected chi connectivity index (χ2v) is 4.10. The predicted octanol–water partition coefficient (Wildman–Crippen LogP) is 2.29. The highest BCUT2D eigenvalue weighted by Crippen LogP contribution is 2.04. The van der Waals surface area contributed by atoms with Crippen molar-refractivity contribution in [2.75, 3.05) is 20.1 Å². The number of carbonyl (C=O) groups is 1. The van der Waals surface area contributed by atoms with Crippen LogP contribution in [0.15, 0.2) is 0 Å². The third-order valence-corrected chi connectivity index (χ3v) is 2.40. The van der Waals surface area contributed by atoms with Gasteiger partial charge in [0.25, 0.3) is 0 Å². The van der Waals surface area contributed by atoms with Crippen LogP contribution in [0.2, 0.25) is 0 Å². The van der Waals surface area contributed by atoms with Crippen LogP contribution in [0.5, 0.6) is 0 Å². The fourth-order valence-corrected chi connectivity index (χ4v) is 1.38. The maximum atomic E-state index is 11.3. The maximum Gasteiger partial charge on any atom is 0.407 e. The Hall–Kier alpha value is -0.770. The van der Waals surface area contributed by atoms with Crippen LogP contribution in [-0.2, 0) is 4.74 Å². The first kappa shape index (κ1) is 15.2. The molecule has 0 aromatic rings. The average Bonchev–Trinajstić information content (AvgIpc) is 2.25. The van der Waals surface area contributed by atoms with Gasteiger partial charge in [-0.15, -0.1) is 0 Å². The van der Waals surface area contributed by atoms with E-state index in [4.69, 9.17) is 4.74 Å². The predicted molar refractivity (Wildman–Crippen MR) is 66.6 cm³/mol. The zero-order valence-corrected chi connectivity index (χ0v) is 10.8. The van der Waals surface area contributed by atoms with Gasteiger partial charge in [0.1, 0.15) is 6.10 Å². The molecule has 0 saturated heterocycles. The van der Waals surface area contributed by atoms with E-state index < -0.39 is 0 Å². The fourth-order valence-electron chi connectivity index (χ4n) is 1.38. The highest BCUT2D eigenvalue weighted by Gasteiger charge is 2.07. The van der Waals surface area contributed by atoms with Crippen LogP contribution in [0.1, 0.15) is 46.0 Å². The smallest absolute Gasteiger partial charge is 0.407 e. The van der Waals surface area contributed by atoms with E-state index in [1.165, 1.54) is 0 Å². The molecule has 1 unspecified atom stereocenters. The van der Waals surface area contributed by atoms with E-state index in [0.29, 0.717) is 6.54 Å². The van der Waals surface area contributed by atoms with Gasteiger partial charge in [-0.2, -0.15) is 0 Å². The molecular weight excluding hydrogens is 204 g/mol. The lowest BCUT2D eigenvalue weighted by Crippen LogP contribution is -2.28. The van der Waals surface area contributed by atoms with Crippen molar-refractivity contribution in [1.29, 1.82) is 0 Å². The molecule has 1 atom stereocenters. The lowest BCUT2D eigenvalue weighted by molar-refractivity contribution is 0.101. The van der Waals surface area contributed by atoms with E-state index in [9.17, 15) is 4.79 Å². The monoisotopic (exact) mass is 230 g/mol. The summed E-state index contributed by atoms with van der Waals surface area (Å²) >= 11 is 0. The lowest BCUT2D eigenvalue weighted by Gasteiger charge is -2.13. The Kier molecular flexibility index (Phi) is 10.2. The molecule has 1 amide bonds. The van der Waals surface area contributed by atoms with Gasteiger partial charge in [-0.05, 0) is 46.2 Å². The second-order valence-electron chi connectivity index (χ2n) is 4.10. The molecule has 16 heavy (non-hydrogen) atoms. The maximum absolute atomic E-state index is 11.3. The van der Waals surface area contributed by atoms with Gasteiger partial charge < -0.3 is 15.4 Å². The van der Waals surface area contributed by atoms with Crippen LogP contribution in [0.25, 0.3) is 0 Å². The first-order valence-corrected chi connectivity index (χ1v) is 6.29. The van der Waals surface area contributed by atoms with Crippen molar-refractivity contribution >= 4 is 6.09 Å². The van der Waals surface area contributed by atoms with Gasteiger partial charge in [0.2, 0.25) is 0 Å². The molecule has 0 heterocycles. The van der Waals surface area contributed by atoms with Crippen molar-refractivity contribution in [2.45, 2.75) is 52.1 Å². The molecule has 0 fully saturated rings. The van der Waals surface area contributed by atoms with Gasteiger partial charge >= 0.3 is 6.09 Å². The first-order valence-electron chi connectivity index (χ1n) is 6.29. The van der Waals surface area contributed by atoms with E-state index in [2.05, 4.69) is 17.6 Å². The molecule has 0 saturated carbocycles. The number of hydrogen-bond acceptors (Lipinski definition) is 3. The zero-order chi connectivity index (χ0) is 12.2. The van der Waals surface area contributed by atoms with Crippen molar-refractivity contribution in [3.05, 3.63) is 0 Å². The second kappa shape index (κ2) is 10.7. The minimum atomic E-state index is -0.283. The third-order valence-electron chi connectivity index (χ3n) is 2.40. The number of alkyl carbamates (subject to hydrolysis) is 1. The summed E-state index contributed by atoms with van der Waals surface area (Å²) in [6.07, 6.45) is 4.97. The minimum absolute atomic E-state index is 0.0125. The summed E-state index contributed by atoms with van der Waals surface area (Å²) in [6, 6.07) is 0. The standard InChI is InChI=1S/C12H26N2O2/c1-4-5-10-14-12(15)16-11(2)8-6-7-9-13-3/h11,13H,4-10H2,1-3H3,(H,14,15). The molecule has 96 valence electrons. The Morgan fingerprint density at radius 2 is 2.00 bits per heavy atom. The van der Waals surface area contributed by atoms with Crippen LogP contribution in [0.3, 0.4) is 0 Å². The van der Waals surface area contributed by atoms with Crippen molar-refractivity contribution in [2.24, 2.45) is 0 Å². The molecule has 0 aromatic carbocycles. The summed E-state index contributed by atoms with van der Waals surface area (Å²) in [5.41, 5.74) is 0. The minimum Gasteiger partial charge on any atom is -0.447 e. The molecule has 4 nitrogen and oxygen atoms in total. The zero-order valence-electron chi connectivity index (χ0n) is 10.8. The summed E-state index contributed by atoms with van der Waals surface area (Å²) in [6.45, 7) is 5.77. The number of rotatable bonds is 9. The number of hydrogen-bond donors (Lipinski definition) is 2.